The SMILES string of the molecule is CCn1cc(C(=O)O)c(=O)c2c(N)c(F)c(N3CCC(CNC(C)C)C3)c(F)c21. The van der Waals surface area contributed by atoms with Crippen molar-refractivity contribution in [3.63, 3.8) is 0 Å². The van der Waals surface area contributed by atoms with Gasteiger partial charge in [0, 0.05) is 31.9 Å². The van der Waals surface area contributed by atoms with Gasteiger partial charge in [-0.1, -0.05) is 13.8 Å². The van der Waals surface area contributed by atoms with Crippen molar-refractivity contribution in [2.45, 2.75) is 39.8 Å². The molecule has 0 bridgehead atoms. The van der Waals surface area contributed by atoms with E-state index in [2.05, 4.69) is 5.32 Å². The number of pyridine rings is 1. The van der Waals surface area contributed by atoms with Crippen molar-refractivity contribution in [2.24, 2.45) is 5.92 Å². The van der Waals surface area contributed by atoms with E-state index < -0.39 is 39.7 Å². The number of hydrogen-bond donors (Lipinski definition) is 3. The molecule has 1 saturated heterocycles. The summed E-state index contributed by atoms with van der Waals surface area (Å²) in [4.78, 5) is 25.6. The number of aryl methyl sites for hydroxylation is 1. The molecule has 1 aliphatic rings. The summed E-state index contributed by atoms with van der Waals surface area (Å²) in [5.41, 5.74) is 3.40. The van der Waals surface area contributed by atoms with Gasteiger partial charge in [0.1, 0.15) is 11.3 Å². The van der Waals surface area contributed by atoms with Crippen molar-refractivity contribution in [1.82, 2.24) is 9.88 Å². The molecule has 3 rings (SSSR count). The Morgan fingerprint density at radius 2 is 2.07 bits per heavy atom. The number of carboxylic acids is 1. The molecule has 29 heavy (non-hydrogen) atoms. The molecule has 0 spiro atoms. The first-order chi connectivity index (χ1) is 13.7. The van der Waals surface area contributed by atoms with Gasteiger partial charge in [-0.15, -0.1) is 0 Å². The van der Waals surface area contributed by atoms with Gasteiger partial charge >= 0.3 is 5.97 Å². The third-order valence-electron chi connectivity index (χ3n) is 5.40. The Morgan fingerprint density at radius 3 is 2.66 bits per heavy atom. The lowest BCUT2D eigenvalue weighted by Crippen LogP contribution is -2.31. The topological polar surface area (TPSA) is 101 Å². The first kappa shape index (κ1) is 21.0. The Morgan fingerprint density at radius 1 is 1.38 bits per heavy atom. The fraction of sp³-hybridized carbons (Fsp3) is 0.500. The van der Waals surface area contributed by atoms with Crippen LogP contribution < -0.4 is 21.4 Å². The number of benzene rings is 1. The molecule has 1 aromatic heterocycles. The van der Waals surface area contributed by atoms with E-state index in [0.717, 1.165) is 19.2 Å². The Bertz CT molecular complexity index is 1020. The number of aromatic carboxylic acids is 1. The number of anilines is 2. The molecule has 1 unspecified atom stereocenters. The lowest BCUT2D eigenvalue weighted by Gasteiger charge is -2.23. The van der Waals surface area contributed by atoms with E-state index in [0.29, 0.717) is 19.1 Å². The van der Waals surface area contributed by atoms with Crippen LogP contribution in [0.1, 0.15) is 37.6 Å². The average molecular weight is 408 g/mol. The minimum Gasteiger partial charge on any atom is -0.477 e. The summed E-state index contributed by atoms with van der Waals surface area (Å²) < 4.78 is 31.9. The number of rotatable bonds is 6. The van der Waals surface area contributed by atoms with Gasteiger partial charge in [0.2, 0.25) is 5.43 Å². The molecule has 2 heterocycles. The number of carbonyl (C=O) groups is 1. The molecular formula is C20H26F2N4O3. The van der Waals surface area contributed by atoms with Gasteiger partial charge in [-0.2, -0.15) is 0 Å². The smallest absolute Gasteiger partial charge is 0.341 e. The predicted molar refractivity (Wildman–Crippen MR) is 109 cm³/mol. The Hall–Kier alpha value is -2.68. The molecular weight excluding hydrogens is 382 g/mol. The molecule has 7 nitrogen and oxygen atoms in total. The molecule has 2 aromatic rings. The van der Waals surface area contributed by atoms with Crippen molar-refractivity contribution < 1.29 is 18.7 Å². The zero-order valence-corrected chi connectivity index (χ0v) is 16.8. The molecule has 1 fully saturated rings. The van der Waals surface area contributed by atoms with Crippen LogP contribution in [-0.4, -0.2) is 41.3 Å². The zero-order valence-electron chi connectivity index (χ0n) is 16.8. The normalized spacial score (nSPS) is 16.9. The van der Waals surface area contributed by atoms with Crippen molar-refractivity contribution in [3.05, 3.63) is 33.6 Å². The lowest BCUT2D eigenvalue weighted by molar-refractivity contribution is 0.0695. The monoisotopic (exact) mass is 408 g/mol. The summed E-state index contributed by atoms with van der Waals surface area (Å²) in [5.74, 6) is -3.14. The maximum absolute atomic E-state index is 15.5. The Kier molecular flexibility index (Phi) is 5.79. The van der Waals surface area contributed by atoms with Crippen molar-refractivity contribution in [1.29, 1.82) is 0 Å². The first-order valence-corrected chi connectivity index (χ1v) is 9.72. The van der Waals surface area contributed by atoms with Crippen LogP contribution in [0.25, 0.3) is 10.9 Å². The van der Waals surface area contributed by atoms with Gasteiger partial charge < -0.3 is 25.6 Å². The molecule has 1 aromatic carbocycles. The third-order valence-corrected chi connectivity index (χ3v) is 5.40. The van der Waals surface area contributed by atoms with E-state index in [4.69, 9.17) is 5.73 Å². The van der Waals surface area contributed by atoms with Crippen LogP contribution in [0.3, 0.4) is 0 Å². The fourth-order valence-corrected chi connectivity index (χ4v) is 3.88. The second-order valence-electron chi connectivity index (χ2n) is 7.74. The highest BCUT2D eigenvalue weighted by Gasteiger charge is 2.31. The summed E-state index contributed by atoms with van der Waals surface area (Å²) in [5, 5.41) is 12.2. The molecule has 158 valence electrons. The minimum atomic E-state index is -1.47. The van der Waals surface area contributed by atoms with Crippen LogP contribution in [0.4, 0.5) is 20.2 Å². The number of aromatic nitrogens is 1. The number of halogens is 2. The molecule has 9 heteroatoms. The van der Waals surface area contributed by atoms with Crippen LogP contribution >= 0.6 is 0 Å². The molecule has 0 saturated carbocycles. The molecule has 1 aliphatic heterocycles. The van der Waals surface area contributed by atoms with Gasteiger partial charge in [0.05, 0.1) is 16.6 Å². The predicted octanol–water partition coefficient (Wildman–Crippen LogP) is 2.40. The van der Waals surface area contributed by atoms with Gasteiger partial charge in [-0.3, -0.25) is 4.79 Å². The number of carboxylic acid groups (broad SMARTS) is 1. The van der Waals surface area contributed by atoms with Crippen LogP contribution in [-0.2, 0) is 6.54 Å². The standard InChI is InChI=1S/C20H26F2N4O3/c1-4-25-9-12(20(28)29)19(27)13-16(23)14(21)18(15(22)17(13)25)26-6-5-11(8-26)7-24-10(2)3/h9-11,24H,4-8,23H2,1-3H3,(H,28,29). The van der Waals surface area contributed by atoms with Crippen molar-refractivity contribution in [2.75, 3.05) is 30.3 Å². The quantitative estimate of drug-likeness (QED) is 0.635. The fourth-order valence-electron chi connectivity index (χ4n) is 3.88. The number of nitrogens with zero attached hydrogens (tertiary/aromatic N) is 2. The largest absolute Gasteiger partial charge is 0.477 e. The molecule has 1 atom stereocenters. The van der Waals surface area contributed by atoms with Gasteiger partial charge in [0.15, 0.2) is 11.6 Å². The van der Waals surface area contributed by atoms with E-state index in [1.807, 2.05) is 13.8 Å². The molecule has 4 N–H and O–H groups in total. The highest BCUT2D eigenvalue weighted by molar-refractivity contribution is 5.99. The number of nitrogens with one attached hydrogen (secondary N) is 1. The molecule has 0 amide bonds. The maximum Gasteiger partial charge on any atom is 0.341 e. The van der Waals surface area contributed by atoms with Gasteiger partial charge in [-0.05, 0) is 25.8 Å². The van der Waals surface area contributed by atoms with E-state index >= 15 is 8.78 Å². The number of fused-ring (bicyclic) bond motifs is 1. The van der Waals surface area contributed by atoms with Crippen LogP contribution in [0, 0.1) is 17.6 Å². The second kappa shape index (κ2) is 7.98. The van der Waals surface area contributed by atoms with Crippen LogP contribution in [0.15, 0.2) is 11.0 Å². The summed E-state index contributed by atoms with van der Waals surface area (Å²) >= 11 is 0. The van der Waals surface area contributed by atoms with Crippen LogP contribution in [0.5, 0.6) is 0 Å². The van der Waals surface area contributed by atoms with Crippen molar-refractivity contribution in [3.8, 4) is 0 Å². The summed E-state index contributed by atoms with van der Waals surface area (Å²) in [6, 6.07) is 0.316. The van der Waals surface area contributed by atoms with Crippen LogP contribution in [0.2, 0.25) is 0 Å². The van der Waals surface area contributed by atoms with E-state index in [-0.39, 0.29) is 23.7 Å². The van der Waals surface area contributed by atoms with Crippen molar-refractivity contribution >= 4 is 28.2 Å². The Balaban J connectivity index is 2.15. The number of hydrogen-bond acceptors (Lipinski definition) is 5. The first-order valence-electron chi connectivity index (χ1n) is 9.72. The summed E-state index contributed by atoms with van der Waals surface area (Å²) in [6.07, 6.45) is 1.85. The lowest BCUT2D eigenvalue weighted by atomic mass is 10.1. The van der Waals surface area contributed by atoms with E-state index in [1.165, 1.54) is 4.57 Å². The van der Waals surface area contributed by atoms with Gasteiger partial charge in [0.25, 0.3) is 0 Å². The Labute approximate surface area is 167 Å². The number of nitrogens with two attached hydrogens (primary N) is 1. The average Bonchev–Trinajstić information content (AvgIpc) is 3.12. The zero-order chi connectivity index (χ0) is 21.5. The molecule has 0 radical (unpaired) electrons. The third kappa shape index (κ3) is 3.66. The minimum absolute atomic E-state index is 0.167. The summed E-state index contributed by atoms with van der Waals surface area (Å²) in [6.45, 7) is 7.60. The van der Waals surface area contributed by atoms with E-state index in [9.17, 15) is 14.7 Å². The second-order valence-corrected chi connectivity index (χ2v) is 7.74. The highest BCUT2D eigenvalue weighted by atomic mass is 19.1. The summed E-state index contributed by atoms with van der Waals surface area (Å²) in [7, 11) is 0. The highest BCUT2D eigenvalue weighted by Crippen LogP contribution is 2.37. The molecule has 0 aliphatic carbocycles. The number of nitrogen functional groups attached to an aromatic ring is 1. The van der Waals surface area contributed by atoms with Gasteiger partial charge in [-0.25, -0.2) is 13.6 Å². The van der Waals surface area contributed by atoms with E-state index in [1.54, 1.807) is 11.8 Å². The maximum atomic E-state index is 15.5.